The molecule has 5 N–H and O–H groups in total. The van der Waals surface area contributed by atoms with Crippen LogP contribution in [0.4, 0.5) is 0 Å². The van der Waals surface area contributed by atoms with Gasteiger partial charge in [-0.1, -0.05) is 37.6 Å². The zero-order valence-electron chi connectivity index (χ0n) is 16.3. The molecule has 0 radical (unpaired) electrons. The number of benzene rings is 1. The van der Waals surface area contributed by atoms with Crippen molar-refractivity contribution in [1.82, 2.24) is 10.6 Å². The highest BCUT2D eigenvalue weighted by molar-refractivity contribution is 6.30. The number of aliphatic hydroxyl groups excluding tert-OH is 1. The van der Waals surface area contributed by atoms with Crippen molar-refractivity contribution in [3.8, 4) is 0 Å². The zero-order valence-corrected chi connectivity index (χ0v) is 16.1. The normalized spacial score (nSPS) is 14.5. The van der Waals surface area contributed by atoms with Crippen LogP contribution in [0.1, 0.15) is 38.4 Å². The van der Waals surface area contributed by atoms with Crippen molar-refractivity contribution < 1.29 is 35.9 Å². The summed E-state index contributed by atoms with van der Waals surface area (Å²) in [6, 6.07) is 2.80. The number of hydrogen-bond donors (Lipinski definition) is 5. The molecule has 0 aliphatic carbocycles. The first-order chi connectivity index (χ1) is 13.5. The van der Waals surface area contributed by atoms with Gasteiger partial charge in [-0.3, -0.25) is 14.4 Å². The molecule has 10 heteroatoms. The number of aliphatic carboxylic acids is 2. The number of nitrogens with one attached hydrogen (secondary N) is 2. The summed E-state index contributed by atoms with van der Waals surface area (Å²) in [4.78, 5) is 47.0. The zero-order chi connectivity index (χ0) is 22.3. The van der Waals surface area contributed by atoms with Gasteiger partial charge in [-0.05, 0) is 30.0 Å². The van der Waals surface area contributed by atoms with Gasteiger partial charge >= 0.3 is 11.9 Å². The van der Waals surface area contributed by atoms with E-state index in [1.54, 1.807) is 13.8 Å². The van der Waals surface area contributed by atoms with Crippen LogP contribution >= 0.6 is 11.6 Å². The van der Waals surface area contributed by atoms with Crippen LogP contribution in [0, 0.1) is 5.92 Å². The first kappa shape index (κ1) is 21.6. The Hall–Kier alpha value is -2.65. The number of carboxylic acids is 2. The molecule has 0 aliphatic heterocycles. The molecule has 28 heavy (non-hydrogen) atoms. The summed E-state index contributed by atoms with van der Waals surface area (Å²) in [5.41, 5.74) is 0.171. The molecule has 0 spiro atoms. The Morgan fingerprint density at radius 2 is 1.68 bits per heavy atom. The minimum absolute atomic E-state index is 0.171. The molecule has 1 aromatic carbocycles. The standard InChI is InChI=1S/C18H23ClN2O7/c1-9(2)14(16(25)20-12(18(27)28)7-8-13(22)23)21-17(26)15(24)10-3-5-11(19)6-4-10/h3-6,9,12,14-15,24H,7-8H2,1-2H3,(H,20,25)(H,21,26)(H,22,23)(H,27,28)/t12-,14-,15?/m0/s1/i/hD. The lowest BCUT2D eigenvalue weighted by Gasteiger charge is -2.25. The molecule has 0 aliphatic rings. The third-order valence-electron chi connectivity index (χ3n) is 3.85. The van der Waals surface area contributed by atoms with E-state index >= 15 is 0 Å². The van der Waals surface area contributed by atoms with Crippen LogP contribution in [0.15, 0.2) is 24.3 Å². The summed E-state index contributed by atoms with van der Waals surface area (Å²) in [5, 5.41) is 31.0. The molecule has 0 aromatic heterocycles. The molecular formula is C18H23ClN2O7. The molecule has 1 unspecified atom stereocenters. The van der Waals surface area contributed by atoms with Crippen LogP contribution in [0.3, 0.4) is 0 Å². The van der Waals surface area contributed by atoms with E-state index in [0.717, 1.165) is 0 Å². The number of aliphatic hydroxyl groups is 1. The van der Waals surface area contributed by atoms with Crippen molar-refractivity contribution in [2.75, 3.05) is 0 Å². The second kappa shape index (κ2) is 10.6. The van der Waals surface area contributed by atoms with Gasteiger partial charge in [0.25, 0.3) is 5.91 Å². The number of amides is 2. The number of hydrogen-bond acceptors (Lipinski definition) is 5. The lowest BCUT2D eigenvalue weighted by molar-refractivity contribution is -0.143. The molecule has 0 saturated heterocycles. The van der Waals surface area contributed by atoms with E-state index in [1.165, 1.54) is 24.3 Å². The third-order valence-corrected chi connectivity index (χ3v) is 4.10. The minimum Gasteiger partial charge on any atom is -0.481 e. The predicted molar refractivity (Wildman–Crippen MR) is 99.6 cm³/mol. The maximum atomic E-state index is 12.6. The predicted octanol–water partition coefficient (Wildman–Crippen LogP) is 0.948. The van der Waals surface area contributed by atoms with Crippen molar-refractivity contribution >= 4 is 35.4 Å². The van der Waals surface area contributed by atoms with Gasteiger partial charge < -0.3 is 25.9 Å². The smallest absolute Gasteiger partial charge is 0.326 e. The minimum atomic E-state index is -1.72. The van der Waals surface area contributed by atoms with Crippen molar-refractivity contribution in [1.29, 1.82) is 0 Å². The third kappa shape index (κ3) is 7.16. The largest absolute Gasteiger partial charge is 0.481 e. The molecule has 154 valence electrons. The highest BCUT2D eigenvalue weighted by Gasteiger charge is 2.30. The summed E-state index contributed by atoms with van der Waals surface area (Å²) in [7, 11) is 0. The summed E-state index contributed by atoms with van der Waals surface area (Å²) in [6.07, 6.45) is -2.57. The van der Waals surface area contributed by atoms with Crippen molar-refractivity contribution in [2.45, 2.75) is 44.9 Å². The van der Waals surface area contributed by atoms with E-state index < -0.39 is 54.3 Å². The second-order valence-electron chi connectivity index (χ2n) is 6.44. The molecular weight excluding hydrogens is 392 g/mol. The monoisotopic (exact) mass is 415 g/mol. The second-order valence-corrected chi connectivity index (χ2v) is 6.88. The van der Waals surface area contributed by atoms with Gasteiger partial charge in [0.2, 0.25) is 5.91 Å². The van der Waals surface area contributed by atoms with Crippen LogP contribution in [0.25, 0.3) is 0 Å². The van der Waals surface area contributed by atoms with Crippen LogP contribution < -0.4 is 10.6 Å². The molecule has 0 heterocycles. The summed E-state index contributed by atoms with van der Waals surface area (Å²) in [5.74, 6) is -5.29. The fourth-order valence-electron chi connectivity index (χ4n) is 2.29. The van der Waals surface area contributed by atoms with Crippen LogP contribution in [0.5, 0.6) is 0 Å². The Bertz CT molecular complexity index is 757. The van der Waals surface area contributed by atoms with Crippen LogP contribution in [-0.4, -0.2) is 51.2 Å². The lowest BCUT2D eigenvalue weighted by atomic mass is 10.0. The van der Waals surface area contributed by atoms with E-state index in [1.807, 2.05) is 0 Å². The number of halogens is 1. The highest BCUT2D eigenvalue weighted by Crippen LogP contribution is 2.17. The average molecular weight is 416 g/mol. The quantitative estimate of drug-likeness (QED) is 0.381. The van der Waals surface area contributed by atoms with E-state index in [0.29, 0.717) is 10.3 Å². The Kier molecular flexibility index (Phi) is 8.21. The molecule has 9 nitrogen and oxygen atoms in total. The topological polar surface area (TPSA) is 153 Å². The van der Waals surface area contributed by atoms with Crippen molar-refractivity contribution in [2.24, 2.45) is 5.92 Å². The van der Waals surface area contributed by atoms with Gasteiger partial charge in [0, 0.05) is 11.4 Å². The molecule has 0 bridgehead atoms. The molecule has 1 aromatic rings. The molecule has 0 saturated carbocycles. The van der Waals surface area contributed by atoms with Crippen molar-refractivity contribution in [3.05, 3.63) is 34.9 Å². The number of carbonyl (C=O) groups excluding carboxylic acids is 2. The maximum Gasteiger partial charge on any atom is 0.326 e. The SMILES string of the molecule is [2H]N(C(=O)C(O)c1ccc(Cl)cc1)[C@H](C(=O)N[C@@H](CCC(=O)O)C(=O)O)C(C)C. The summed E-state index contributed by atoms with van der Waals surface area (Å²) < 4.78 is 8.04. The van der Waals surface area contributed by atoms with E-state index in [2.05, 4.69) is 5.32 Å². The molecule has 3 atom stereocenters. The van der Waals surface area contributed by atoms with Gasteiger partial charge in [0.15, 0.2) is 7.52 Å². The van der Waals surface area contributed by atoms with Gasteiger partial charge in [0.1, 0.15) is 12.1 Å². The van der Waals surface area contributed by atoms with Crippen LogP contribution in [-0.2, 0) is 19.2 Å². The maximum absolute atomic E-state index is 12.6. The van der Waals surface area contributed by atoms with E-state index in [4.69, 9.17) is 18.1 Å². The summed E-state index contributed by atoms with van der Waals surface area (Å²) >= 11 is 5.76. The lowest BCUT2D eigenvalue weighted by Crippen LogP contribution is -2.54. The Labute approximate surface area is 168 Å². The molecule has 2 amide bonds. The molecule has 1 rings (SSSR count). The molecule has 0 fully saturated rings. The number of rotatable bonds is 10. The number of carboxylic acid groups (broad SMARTS) is 2. The Morgan fingerprint density at radius 1 is 1.11 bits per heavy atom. The highest BCUT2D eigenvalue weighted by atomic mass is 35.5. The van der Waals surface area contributed by atoms with Crippen molar-refractivity contribution in [3.63, 3.8) is 0 Å². The first-order valence-corrected chi connectivity index (χ1v) is 8.84. The van der Waals surface area contributed by atoms with Gasteiger partial charge in [-0.2, -0.15) is 0 Å². The van der Waals surface area contributed by atoms with Gasteiger partial charge in [-0.15, -0.1) is 0 Å². The van der Waals surface area contributed by atoms with Gasteiger partial charge in [-0.25, -0.2) is 4.79 Å². The fourth-order valence-corrected chi connectivity index (χ4v) is 2.41. The summed E-state index contributed by atoms with van der Waals surface area (Å²) in [6.45, 7) is 3.08. The Morgan fingerprint density at radius 3 is 2.14 bits per heavy atom. The fraction of sp³-hybridized carbons (Fsp3) is 0.444. The van der Waals surface area contributed by atoms with E-state index in [-0.39, 0.29) is 12.0 Å². The van der Waals surface area contributed by atoms with E-state index in [9.17, 15) is 29.4 Å². The Balaban J connectivity index is 2.96. The first-order valence-electron chi connectivity index (χ1n) is 8.90. The average Bonchev–Trinajstić information content (AvgIpc) is 2.63. The number of carbonyl (C=O) groups is 4. The van der Waals surface area contributed by atoms with Gasteiger partial charge in [0.05, 0.1) is 0 Å². The van der Waals surface area contributed by atoms with Crippen LogP contribution in [0.2, 0.25) is 6.43 Å².